The van der Waals surface area contributed by atoms with Gasteiger partial charge in [-0.3, -0.25) is 14.4 Å². The number of rotatable bonds is 6. The first-order valence-electron chi connectivity index (χ1n) is 11.2. The number of aliphatic hydroxyl groups is 1. The highest BCUT2D eigenvalue weighted by atomic mass is 35.5. The summed E-state index contributed by atoms with van der Waals surface area (Å²) in [6.07, 6.45) is -1.41. The predicted octanol–water partition coefficient (Wildman–Crippen LogP) is 1.92. The fourth-order valence-electron chi connectivity index (χ4n) is 5.34. The molecule has 182 valence electrons. The Hall–Kier alpha value is -2.77. The molecule has 3 saturated heterocycles. The summed E-state index contributed by atoms with van der Waals surface area (Å²) in [4.78, 5) is 39.4. The zero-order valence-corrected chi connectivity index (χ0v) is 19.0. The van der Waals surface area contributed by atoms with E-state index in [1.807, 2.05) is 6.07 Å². The van der Waals surface area contributed by atoms with E-state index >= 15 is 0 Å². The molecule has 6 atom stereocenters. The van der Waals surface area contributed by atoms with Crippen molar-refractivity contribution in [3.05, 3.63) is 34.9 Å². The Morgan fingerprint density at radius 3 is 2.74 bits per heavy atom. The summed E-state index contributed by atoms with van der Waals surface area (Å²) >= 11 is 5.95. The van der Waals surface area contributed by atoms with Gasteiger partial charge in [0.15, 0.2) is 6.10 Å². The van der Waals surface area contributed by atoms with Crippen LogP contribution in [0, 0.1) is 23.2 Å². The normalized spacial score (nSPS) is 29.1. The maximum absolute atomic E-state index is 14.8. The number of benzene rings is 1. The topological polar surface area (TPSA) is 123 Å². The Morgan fingerprint density at radius 1 is 1.35 bits per heavy atom. The van der Waals surface area contributed by atoms with Crippen molar-refractivity contribution < 1.29 is 28.3 Å². The number of nitrogens with zero attached hydrogens (tertiary/aromatic N) is 2. The lowest BCUT2D eigenvalue weighted by molar-refractivity contribution is -0.198. The Labute approximate surface area is 200 Å². The van der Waals surface area contributed by atoms with Gasteiger partial charge in [0.05, 0.1) is 12.0 Å². The van der Waals surface area contributed by atoms with Crippen LogP contribution < -0.4 is 10.6 Å². The van der Waals surface area contributed by atoms with Gasteiger partial charge in [-0.1, -0.05) is 23.7 Å². The molecule has 4 aliphatic rings. The molecule has 0 spiro atoms. The summed E-state index contributed by atoms with van der Waals surface area (Å²) in [5.41, 5.74) is 0.187. The van der Waals surface area contributed by atoms with Crippen LogP contribution in [0.5, 0.6) is 0 Å². The zero-order valence-electron chi connectivity index (χ0n) is 18.2. The summed E-state index contributed by atoms with van der Waals surface area (Å²) in [5, 5.41) is 25.6. The quantitative estimate of drug-likeness (QED) is 0.557. The first kappa shape index (κ1) is 24.4. The minimum atomic E-state index is -3.17. The fraction of sp³-hybridized carbons (Fsp3) is 0.565. The van der Waals surface area contributed by atoms with Crippen LogP contribution in [0.3, 0.4) is 0 Å². The molecule has 3 amide bonds. The number of amides is 3. The molecule has 3 aliphatic heterocycles. The zero-order chi connectivity index (χ0) is 24.6. The van der Waals surface area contributed by atoms with Crippen LogP contribution in [-0.4, -0.2) is 58.3 Å². The molecular formula is C23H25ClF2N4O4. The summed E-state index contributed by atoms with van der Waals surface area (Å²) in [7, 11) is 0. The van der Waals surface area contributed by atoms with Gasteiger partial charge >= 0.3 is 0 Å². The highest BCUT2D eigenvalue weighted by Crippen LogP contribution is 2.49. The lowest BCUT2D eigenvalue weighted by Gasteiger charge is -2.54. The number of hydrogen-bond acceptors (Lipinski definition) is 5. The maximum atomic E-state index is 14.8. The smallest absolute Gasteiger partial charge is 0.256 e. The number of nitrogens with one attached hydrogen (secondary N) is 2. The van der Waals surface area contributed by atoms with Crippen molar-refractivity contribution in [1.29, 1.82) is 5.26 Å². The Kier molecular flexibility index (Phi) is 6.78. The van der Waals surface area contributed by atoms with E-state index in [0.29, 0.717) is 13.0 Å². The number of hydrogen-bond donors (Lipinski definition) is 3. The summed E-state index contributed by atoms with van der Waals surface area (Å²) < 4.78 is 29.6. The summed E-state index contributed by atoms with van der Waals surface area (Å²) in [6.45, 7) is 0.470. The molecule has 0 aromatic heterocycles. The van der Waals surface area contributed by atoms with Gasteiger partial charge in [-0.15, -0.1) is 0 Å². The number of nitriles is 1. The van der Waals surface area contributed by atoms with Gasteiger partial charge in [0.1, 0.15) is 12.1 Å². The minimum Gasteiger partial charge on any atom is -0.378 e. The van der Waals surface area contributed by atoms with Gasteiger partial charge < -0.3 is 20.6 Å². The van der Waals surface area contributed by atoms with E-state index in [9.17, 15) is 33.5 Å². The molecule has 3 heterocycles. The van der Waals surface area contributed by atoms with E-state index < -0.39 is 60.2 Å². The van der Waals surface area contributed by atoms with Crippen LogP contribution in [0.25, 0.3) is 0 Å². The number of alkyl halides is 2. The fourth-order valence-corrected chi connectivity index (χ4v) is 5.54. The van der Waals surface area contributed by atoms with Gasteiger partial charge in [0.25, 0.3) is 11.8 Å². The Balaban J connectivity index is 1.58. The number of piperidine rings is 2. The molecule has 2 bridgehead atoms. The number of halogens is 3. The molecular weight excluding hydrogens is 470 g/mol. The maximum Gasteiger partial charge on any atom is 0.256 e. The molecule has 0 unspecified atom stereocenters. The van der Waals surface area contributed by atoms with Crippen LogP contribution in [0.1, 0.15) is 43.8 Å². The van der Waals surface area contributed by atoms with E-state index in [1.54, 1.807) is 12.1 Å². The highest BCUT2D eigenvalue weighted by Gasteiger charge is 2.61. The lowest BCUT2D eigenvalue weighted by Crippen LogP contribution is -2.69. The van der Waals surface area contributed by atoms with E-state index in [2.05, 4.69) is 10.6 Å². The highest BCUT2D eigenvalue weighted by molar-refractivity contribution is 6.30. The van der Waals surface area contributed by atoms with Crippen LogP contribution in [-0.2, 0) is 14.4 Å². The van der Waals surface area contributed by atoms with Crippen molar-refractivity contribution in [2.45, 2.75) is 62.3 Å². The van der Waals surface area contributed by atoms with Crippen molar-refractivity contribution in [2.75, 3.05) is 6.54 Å². The molecule has 5 rings (SSSR count). The molecule has 1 aromatic rings. The van der Waals surface area contributed by atoms with Crippen LogP contribution in [0.2, 0.25) is 5.02 Å². The third kappa shape index (κ3) is 4.59. The third-order valence-corrected chi connectivity index (χ3v) is 7.25. The van der Waals surface area contributed by atoms with E-state index in [0.717, 1.165) is 4.90 Å². The summed E-state index contributed by atoms with van der Waals surface area (Å²) in [5.74, 6) is -7.05. The van der Waals surface area contributed by atoms with Crippen LogP contribution in [0.15, 0.2) is 24.3 Å². The Morgan fingerprint density at radius 2 is 2.12 bits per heavy atom. The van der Waals surface area contributed by atoms with Gasteiger partial charge in [-0.25, -0.2) is 8.78 Å². The number of fused-ring (bicyclic) bond motifs is 3. The van der Waals surface area contributed by atoms with Crippen molar-refractivity contribution in [2.24, 2.45) is 11.8 Å². The Bertz CT molecular complexity index is 1030. The van der Waals surface area contributed by atoms with Gasteiger partial charge in [-0.05, 0) is 43.4 Å². The van der Waals surface area contributed by atoms with E-state index in [4.69, 9.17) is 11.6 Å². The second-order valence-corrected chi connectivity index (χ2v) is 9.59. The summed E-state index contributed by atoms with van der Waals surface area (Å²) in [6, 6.07) is 4.35. The second kappa shape index (κ2) is 9.47. The monoisotopic (exact) mass is 494 g/mol. The molecule has 8 nitrogen and oxygen atoms in total. The van der Waals surface area contributed by atoms with Gasteiger partial charge in [0.2, 0.25) is 11.8 Å². The average Bonchev–Trinajstić information content (AvgIpc) is 3.20. The lowest BCUT2D eigenvalue weighted by atomic mass is 9.71. The molecule has 0 radical (unpaired) electrons. The third-order valence-electron chi connectivity index (χ3n) is 7.01. The molecule has 1 saturated carbocycles. The first-order chi connectivity index (χ1) is 16.1. The van der Waals surface area contributed by atoms with Crippen molar-refractivity contribution in [3.63, 3.8) is 0 Å². The largest absolute Gasteiger partial charge is 0.378 e. The molecule has 1 aromatic carbocycles. The SMILES string of the molecule is N#C[C@H](C[C@H]1CCNC1=O)NC(=O)[C@@H]1[C@H]2CC[C@H](CC2(F)F)N1C(=O)[C@H](O)c1cccc(Cl)c1. The predicted molar refractivity (Wildman–Crippen MR) is 116 cm³/mol. The van der Waals surface area contributed by atoms with Crippen LogP contribution >= 0.6 is 11.6 Å². The minimum absolute atomic E-state index is 0.0368. The number of carbonyl (C=O) groups excluding carboxylic acids is 3. The van der Waals surface area contributed by atoms with Crippen molar-refractivity contribution in [1.82, 2.24) is 15.5 Å². The second-order valence-electron chi connectivity index (χ2n) is 9.15. The molecule has 4 fully saturated rings. The number of carbonyl (C=O) groups is 3. The first-order valence-corrected chi connectivity index (χ1v) is 11.6. The van der Waals surface area contributed by atoms with Crippen molar-refractivity contribution >= 4 is 29.3 Å². The van der Waals surface area contributed by atoms with Crippen LogP contribution in [0.4, 0.5) is 8.78 Å². The van der Waals surface area contributed by atoms with E-state index in [1.165, 1.54) is 12.1 Å². The van der Waals surface area contributed by atoms with Gasteiger partial charge in [0, 0.05) is 29.9 Å². The molecule has 1 aliphatic carbocycles. The number of aliphatic hydroxyl groups excluding tert-OH is 1. The molecule has 34 heavy (non-hydrogen) atoms. The average molecular weight is 495 g/mol. The standard InChI is InChI=1S/C23H25ClF2N4O4/c24-14-3-1-2-12(8-14)19(31)22(34)30-16-4-5-17(23(25,26)10-16)18(30)21(33)29-15(11-27)9-13-6-7-28-20(13)32/h1-3,8,13,15-19,31H,4-7,9-10H2,(H,28,32)(H,29,33)/t13-,15+,16-,17-,18+,19-/m1/s1. The van der Waals surface area contributed by atoms with Crippen molar-refractivity contribution in [3.8, 4) is 6.07 Å². The van der Waals surface area contributed by atoms with E-state index in [-0.39, 0.29) is 35.8 Å². The molecule has 11 heteroatoms. The van der Waals surface area contributed by atoms with Gasteiger partial charge in [-0.2, -0.15) is 5.26 Å². The molecule has 3 N–H and O–H groups in total.